The molecule has 1 amide bonds. The highest BCUT2D eigenvalue weighted by Crippen LogP contribution is 2.25. The van der Waals surface area contributed by atoms with E-state index in [9.17, 15) is 14.4 Å². The van der Waals surface area contributed by atoms with Crippen molar-refractivity contribution in [3.8, 4) is 5.75 Å². The second kappa shape index (κ2) is 8.76. The Morgan fingerprint density at radius 1 is 1.17 bits per heavy atom. The van der Waals surface area contributed by atoms with Crippen LogP contribution in [0.3, 0.4) is 0 Å². The van der Waals surface area contributed by atoms with Crippen molar-refractivity contribution in [3.05, 3.63) is 47.5 Å². The van der Waals surface area contributed by atoms with E-state index >= 15 is 0 Å². The molecule has 1 aliphatic rings. The van der Waals surface area contributed by atoms with Gasteiger partial charge in [0.05, 0.1) is 44.9 Å². The van der Waals surface area contributed by atoms with Crippen molar-refractivity contribution in [1.82, 2.24) is 14.5 Å². The zero-order chi connectivity index (χ0) is 21.0. The van der Waals surface area contributed by atoms with Crippen molar-refractivity contribution in [2.24, 2.45) is 0 Å². The lowest BCUT2D eigenvalue weighted by Gasteiger charge is -2.34. The number of carboxylic acid groups (broad SMARTS) is 1. The van der Waals surface area contributed by atoms with E-state index in [1.165, 1.54) is 12.0 Å². The van der Waals surface area contributed by atoms with E-state index < -0.39 is 23.9 Å². The van der Waals surface area contributed by atoms with Crippen LogP contribution in [0.5, 0.6) is 5.75 Å². The Bertz CT molecular complexity index is 905. The molecule has 1 aromatic heterocycles. The molecule has 0 spiro atoms. The van der Waals surface area contributed by atoms with Gasteiger partial charge in [-0.3, -0.25) is 9.59 Å². The molecule has 0 fully saturated rings. The lowest BCUT2D eigenvalue weighted by molar-refractivity contribution is -0.154. The number of aromatic nitrogens is 2. The van der Waals surface area contributed by atoms with Gasteiger partial charge in [0.1, 0.15) is 11.8 Å². The third kappa shape index (κ3) is 4.56. The average molecular weight is 401 g/mol. The van der Waals surface area contributed by atoms with Crippen LogP contribution in [0.4, 0.5) is 0 Å². The molecule has 0 aliphatic carbocycles. The summed E-state index contributed by atoms with van der Waals surface area (Å²) in [6, 6.07) is 6.82. The molecule has 1 aromatic carbocycles. The molecule has 2 aromatic rings. The maximum atomic E-state index is 12.6. The molecular weight excluding hydrogens is 378 g/mol. The molecule has 1 atom stereocenters. The Morgan fingerprint density at radius 2 is 1.90 bits per heavy atom. The summed E-state index contributed by atoms with van der Waals surface area (Å²) in [5.41, 5.74) is 2.59. The van der Waals surface area contributed by atoms with E-state index in [-0.39, 0.29) is 25.8 Å². The number of nitrogens with zero attached hydrogens (tertiary/aromatic N) is 3. The molecular formula is C20H23N3O6. The Morgan fingerprint density at radius 3 is 2.52 bits per heavy atom. The number of hydrogen-bond donors (Lipinski definition) is 1. The molecule has 0 bridgehead atoms. The fraction of sp³-hybridized carbons (Fsp3) is 0.400. The first kappa shape index (κ1) is 20.4. The molecule has 1 aliphatic heterocycles. The summed E-state index contributed by atoms with van der Waals surface area (Å²) in [6.45, 7) is 0.718. The fourth-order valence-corrected chi connectivity index (χ4v) is 3.40. The van der Waals surface area contributed by atoms with Gasteiger partial charge in [-0.1, -0.05) is 12.1 Å². The largest absolute Gasteiger partial charge is 0.497 e. The van der Waals surface area contributed by atoms with Crippen molar-refractivity contribution < 1.29 is 29.0 Å². The molecule has 1 N–H and O–H groups in total. The molecule has 154 valence electrons. The summed E-state index contributed by atoms with van der Waals surface area (Å²) < 4.78 is 11.9. The Balaban J connectivity index is 1.83. The number of benzene rings is 1. The number of ether oxygens (including phenoxy) is 2. The Hall–Kier alpha value is -3.36. The van der Waals surface area contributed by atoms with Crippen LogP contribution < -0.4 is 4.74 Å². The number of methoxy groups -OCH3 is 2. The van der Waals surface area contributed by atoms with E-state index in [0.717, 1.165) is 22.7 Å². The van der Waals surface area contributed by atoms with Gasteiger partial charge in [-0.2, -0.15) is 0 Å². The highest BCUT2D eigenvalue weighted by molar-refractivity contribution is 5.86. The maximum absolute atomic E-state index is 12.6. The van der Waals surface area contributed by atoms with Gasteiger partial charge in [-0.25, -0.2) is 9.78 Å². The minimum atomic E-state index is -1.06. The summed E-state index contributed by atoms with van der Waals surface area (Å²) >= 11 is 0. The number of fused-ring (bicyclic) bond motifs is 1. The van der Waals surface area contributed by atoms with E-state index in [1.807, 2.05) is 28.8 Å². The van der Waals surface area contributed by atoms with Crippen molar-refractivity contribution >= 4 is 17.8 Å². The topological polar surface area (TPSA) is 111 Å². The van der Waals surface area contributed by atoms with E-state index in [1.54, 1.807) is 13.4 Å². The normalized spacial score (nSPS) is 15.5. The highest BCUT2D eigenvalue weighted by atomic mass is 16.5. The van der Waals surface area contributed by atoms with Crippen molar-refractivity contribution in [2.45, 2.75) is 38.4 Å². The quantitative estimate of drug-likeness (QED) is 0.695. The minimum Gasteiger partial charge on any atom is -0.497 e. The van der Waals surface area contributed by atoms with Gasteiger partial charge in [0.25, 0.3) is 0 Å². The van der Waals surface area contributed by atoms with Gasteiger partial charge < -0.3 is 24.0 Å². The first-order valence-corrected chi connectivity index (χ1v) is 9.17. The number of carboxylic acids is 1. The van der Waals surface area contributed by atoms with Gasteiger partial charge in [0.15, 0.2) is 0 Å². The Kier molecular flexibility index (Phi) is 6.16. The maximum Gasteiger partial charge on any atom is 0.329 e. The molecule has 9 heteroatoms. The van der Waals surface area contributed by atoms with Crippen LogP contribution in [0.25, 0.3) is 0 Å². The molecule has 0 saturated carbocycles. The molecule has 9 nitrogen and oxygen atoms in total. The SMILES string of the molecule is COC(=O)[C@@H]1Cc2ncn(Cc3ccc(OC)cc3)c2CN1C(=O)CCC(=O)O. The summed E-state index contributed by atoms with van der Waals surface area (Å²) in [6.07, 6.45) is 1.46. The molecule has 0 radical (unpaired) electrons. The number of rotatable bonds is 7. The number of amides is 1. The second-order valence-corrected chi connectivity index (χ2v) is 6.77. The van der Waals surface area contributed by atoms with E-state index in [2.05, 4.69) is 4.98 Å². The average Bonchev–Trinajstić information content (AvgIpc) is 3.12. The van der Waals surface area contributed by atoms with E-state index in [4.69, 9.17) is 14.6 Å². The van der Waals surface area contributed by atoms with Crippen LogP contribution in [0.15, 0.2) is 30.6 Å². The first-order chi connectivity index (χ1) is 13.9. The molecule has 2 heterocycles. The van der Waals surface area contributed by atoms with Crippen molar-refractivity contribution in [1.29, 1.82) is 0 Å². The van der Waals surface area contributed by atoms with Crippen molar-refractivity contribution in [3.63, 3.8) is 0 Å². The number of aliphatic carboxylic acids is 1. The van der Waals surface area contributed by atoms with Crippen LogP contribution in [0.1, 0.15) is 29.8 Å². The molecule has 29 heavy (non-hydrogen) atoms. The molecule has 3 rings (SSSR count). The third-order valence-electron chi connectivity index (χ3n) is 4.97. The van der Waals surface area contributed by atoms with E-state index in [0.29, 0.717) is 6.54 Å². The number of carbonyl (C=O) groups is 3. The van der Waals surface area contributed by atoms with Crippen LogP contribution in [-0.2, 0) is 38.6 Å². The fourth-order valence-electron chi connectivity index (χ4n) is 3.40. The second-order valence-electron chi connectivity index (χ2n) is 6.77. The van der Waals surface area contributed by atoms with Crippen LogP contribution >= 0.6 is 0 Å². The minimum absolute atomic E-state index is 0.170. The van der Waals surface area contributed by atoms with Gasteiger partial charge in [-0.05, 0) is 17.7 Å². The van der Waals surface area contributed by atoms with Crippen LogP contribution in [0, 0.1) is 0 Å². The van der Waals surface area contributed by atoms with Gasteiger partial charge in [0.2, 0.25) is 5.91 Å². The third-order valence-corrected chi connectivity index (χ3v) is 4.97. The van der Waals surface area contributed by atoms with Crippen LogP contribution in [-0.4, -0.2) is 57.7 Å². The summed E-state index contributed by atoms with van der Waals surface area (Å²) in [4.78, 5) is 41.5. The highest BCUT2D eigenvalue weighted by Gasteiger charge is 2.37. The number of esters is 1. The zero-order valence-electron chi connectivity index (χ0n) is 16.3. The monoisotopic (exact) mass is 401 g/mol. The summed E-state index contributed by atoms with van der Waals surface area (Å²) in [5.74, 6) is -1.23. The first-order valence-electron chi connectivity index (χ1n) is 9.17. The van der Waals surface area contributed by atoms with Gasteiger partial charge in [0, 0.05) is 19.4 Å². The Labute approximate surface area is 167 Å². The van der Waals surface area contributed by atoms with Gasteiger partial charge in [-0.15, -0.1) is 0 Å². The number of hydrogen-bond acceptors (Lipinski definition) is 6. The molecule has 0 unspecified atom stereocenters. The van der Waals surface area contributed by atoms with Crippen molar-refractivity contribution in [2.75, 3.05) is 14.2 Å². The smallest absolute Gasteiger partial charge is 0.329 e. The zero-order valence-corrected chi connectivity index (χ0v) is 16.3. The lowest BCUT2D eigenvalue weighted by atomic mass is 10.0. The summed E-state index contributed by atoms with van der Waals surface area (Å²) in [7, 11) is 2.87. The van der Waals surface area contributed by atoms with Crippen LogP contribution in [0.2, 0.25) is 0 Å². The lowest BCUT2D eigenvalue weighted by Crippen LogP contribution is -2.49. The molecule has 0 saturated heterocycles. The number of imidazole rings is 1. The summed E-state index contributed by atoms with van der Waals surface area (Å²) in [5, 5.41) is 8.87. The standard InChI is InChI=1S/C20H23N3O6/c1-28-14-5-3-13(4-6-14)10-22-12-21-15-9-16(20(27)29-2)23(11-17(15)22)18(24)7-8-19(25)26/h3-6,12,16H,7-11H2,1-2H3,(H,25,26)/t16-/m0/s1. The predicted molar refractivity (Wildman–Crippen MR) is 101 cm³/mol. The predicted octanol–water partition coefficient (Wildman–Crippen LogP) is 1.23. The van der Waals surface area contributed by atoms with Gasteiger partial charge >= 0.3 is 11.9 Å². The number of carbonyl (C=O) groups excluding carboxylic acids is 2.